The number of esters is 1. The van der Waals surface area contributed by atoms with Crippen LogP contribution in [0, 0.1) is 0 Å². The van der Waals surface area contributed by atoms with Crippen molar-refractivity contribution in [1.82, 2.24) is 0 Å². The third kappa shape index (κ3) is 4.86. The van der Waals surface area contributed by atoms with Gasteiger partial charge in [0.2, 0.25) is 0 Å². The van der Waals surface area contributed by atoms with E-state index in [0.29, 0.717) is 16.2 Å². The fourth-order valence-electron chi connectivity index (χ4n) is 2.76. The molecule has 0 amide bonds. The SMILES string of the molecule is O=C(CP(=O)(c1ccccc1)c1ccccc1)OCC(=O)c1ccc(Br)cc1. The van der Waals surface area contributed by atoms with Crippen LogP contribution in [0.2, 0.25) is 0 Å². The zero-order valence-corrected chi connectivity index (χ0v) is 17.4. The number of ketones is 1. The molecule has 0 atom stereocenters. The first-order valence-electron chi connectivity index (χ1n) is 8.64. The highest BCUT2D eigenvalue weighted by Gasteiger charge is 2.31. The van der Waals surface area contributed by atoms with Crippen molar-refractivity contribution in [2.24, 2.45) is 0 Å². The van der Waals surface area contributed by atoms with E-state index in [0.717, 1.165) is 4.47 Å². The Bertz CT molecular complexity index is 958. The molecule has 142 valence electrons. The number of hydrogen-bond donors (Lipinski definition) is 0. The molecule has 0 fully saturated rings. The Morgan fingerprint density at radius 3 is 1.79 bits per heavy atom. The highest BCUT2D eigenvalue weighted by molar-refractivity contribution is 9.10. The first-order valence-corrected chi connectivity index (χ1v) is 11.3. The molecule has 0 N–H and O–H groups in total. The number of carbonyl (C=O) groups is 2. The minimum atomic E-state index is -3.21. The maximum absolute atomic E-state index is 13.8. The molecule has 0 radical (unpaired) electrons. The highest BCUT2D eigenvalue weighted by Crippen LogP contribution is 2.43. The number of carbonyl (C=O) groups excluding carboxylic acids is 2. The van der Waals surface area contributed by atoms with Gasteiger partial charge in [0, 0.05) is 20.6 Å². The van der Waals surface area contributed by atoms with Crippen molar-refractivity contribution in [3.63, 3.8) is 0 Å². The second-order valence-electron chi connectivity index (χ2n) is 6.16. The van der Waals surface area contributed by atoms with E-state index in [2.05, 4.69) is 15.9 Å². The summed E-state index contributed by atoms with van der Waals surface area (Å²) in [6, 6.07) is 24.6. The van der Waals surface area contributed by atoms with Crippen molar-refractivity contribution < 1.29 is 18.9 Å². The number of rotatable bonds is 7. The largest absolute Gasteiger partial charge is 0.457 e. The van der Waals surface area contributed by atoms with E-state index in [1.807, 2.05) is 12.1 Å². The van der Waals surface area contributed by atoms with Crippen LogP contribution in [0.5, 0.6) is 0 Å². The van der Waals surface area contributed by atoms with E-state index in [1.54, 1.807) is 72.8 Å². The van der Waals surface area contributed by atoms with Crippen molar-refractivity contribution >= 4 is 45.4 Å². The molecule has 0 saturated carbocycles. The van der Waals surface area contributed by atoms with Crippen LogP contribution in [0.25, 0.3) is 0 Å². The van der Waals surface area contributed by atoms with Gasteiger partial charge in [0.05, 0.1) is 0 Å². The van der Waals surface area contributed by atoms with Gasteiger partial charge in [-0.05, 0) is 12.1 Å². The molecule has 0 bridgehead atoms. The first kappa shape index (κ1) is 20.2. The van der Waals surface area contributed by atoms with Gasteiger partial charge in [-0.3, -0.25) is 9.59 Å². The van der Waals surface area contributed by atoms with E-state index in [-0.39, 0.29) is 18.6 Å². The summed E-state index contributed by atoms with van der Waals surface area (Å²) < 4.78 is 19.8. The van der Waals surface area contributed by atoms with Gasteiger partial charge in [-0.15, -0.1) is 0 Å². The molecule has 0 saturated heterocycles. The van der Waals surface area contributed by atoms with Crippen molar-refractivity contribution in [2.45, 2.75) is 0 Å². The first-order chi connectivity index (χ1) is 13.5. The lowest BCUT2D eigenvalue weighted by atomic mass is 10.1. The highest BCUT2D eigenvalue weighted by atomic mass is 79.9. The third-order valence-corrected chi connectivity index (χ3v) is 7.73. The normalized spacial score (nSPS) is 11.0. The van der Waals surface area contributed by atoms with E-state index in [1.165, 1.54) is 0 Å². The predicted molar refractivity (Wildman–Crippen MR) is 114 cm³/mol. The van der Waals surface area contributed by atoms with Crippen molar-refractivity contribution in [3.05, 3.63) is 95.0 Å². The number of hydrogen-bond acceptors (Lipinski definition) is 4. The van der Waals surface area contributed by atoms with E-state index < -0.39 is 13.1 Å². The summed E-state index contributed by atoms with van der Waals surface area (Å²) in [5.41, 5.74) is 0.449. The van der Waals surface area contributed by atoms with E-state index in [4.69, 9.17) is 4.74 Å². The second kappa shape index (κ2) is 9.13. The molecule has 0 aliphatic carbocycles. The molecule has 0 aromatic heterocycles. The van der Waals surface area contributed by atoms with Gasteiger partial charge < -0.3 is 9.30 Å². The molecule has 28 heavy (non-hydrogen) atoms. The molecule has 0 aliphatic heterocycles. The Kier molecular flexibility index (Phi) is 6.61. The fourth-order valence-corrected chi connectivity index (χ4v) is 5.45. The minimum absolute atomic E-state index is 0.297. The summed E-state index contributed by atoms with van der Waals surface area (Å²) >= 11 is 3.31. The summed E-state index contributed by atoms with van der Waals surface area (Å²) in [6.45, 7) is -0.385. The lowest BCUT2D eigenvalue weighted by Crippen LogP contribution is -2.25. The molecule has 0 aliphatic rings. The van der Waals surface area contributed by atoms with Gasteiger partial charge in [0.1, 0.15) is 6.16 Å². The van der Waals surface area contributed by atoms with Crippen LogP contribution >= 0.6 is 23.1 Å². The van der Waals surface area contributed by atoms with Gasteiger partial charge in [-0.25, -0.2) is 0 Å². The van der Waals surface area contributed by atoms with Gasteiger partial charge in [0.15, 0.2) is 19.5 Å². The summed E-state index contributed by atoms with van der Waals surface area (Å²) in [5, 5.41) is 1.16. The molecular weight excluding hydrogens is 439 g/mol. The topological polar surface area (TPSA) is 60.4 Å². The van der Waals surface area contributed by atoms with Crippen LogP contribution in [0.1, 0.15) is 10.4 Å². The number of ether oxygens (including phenoxy) is 1. The molecule has 6 heteroatoms. The van der Waals surface area contributed by atoms with Crippen LogP contribution in [0.3, 0.4) is 0 Å². The quantitative estimate of drug-likeness (QED) is 0.303. The third-order valence-electron chi connectivity index (χ3n) is 4.23. The average molecular weight is 457 g/mol. The monoisotopic (exact) mass is 456 g/mol. The minimum Gasteiger partial charge on any atom is -0.457 e. The van der Waals surface area contributed by atoms with Gasteiger partial charge in [-0.1, -0.05) is 88.7 Å². The Labute approximate surface area is 172 Å². The molecule has 3 aromatic carbocycles. The molecular formula is C22H18BrO4P. The summed E-state index contributed by atoms with van der Waals surface area (Å²) in [6.07, 6.45) is -0.297. The predicted octanol–water partition coefficient (Wildman–Crippen LogP) is 4.19. The van der Waals surface area contributed by atoms with Gasteiger partial charge >= 0.3 is 5.97 Å². The van der Waals surface area contributed by atoms with Gasteiger partial charge in [-0.2, -0.15) is 0 Å². The molecule has 4 nitrogen and oxygen atoms in total. The van der Waals surface area contributed by atoms with Crippen LogP contribution in [-0.2, 0) is 14.1 Å². The molecule has 3 aromatic rings. The van der Waals surface area contributed by atoms with E-state index >= 15 is 0 Å². The van der Waals surface area contributed by atoms with Crippen LogP contribution < -0.4 is 10.6 Å². The molecule has 0 unspecified atom stereocenters. The Hall–Kier alpha value is -2.49. The summed E-state index contributed by atoms with van der Waals surface area (Å²) in [7, 11) is -3.21. The number of Topliss-reactive ketones (excluding diaryl/α,β-unsaturated/α-hetero) is 1. The van der Waals surface area contributed by atoms with Crippen LogP contribution in [0.15, 0.2) is 89.4 Å². The summed E-state index contributed by atoms with van der Waals surface area (Å²) in [4.78, 5) is 24.6. The lowest BCUT2D eigenvalue weighted by Gasteiger charge is -2.18. The zero-order chi connectivity index (χ0) is 20.0. The summed E-state index contributed by atoms with van der Waals surface area (Å²) in [5.74, 6) is -0.975. The lowest BCUT2D eigenvalue weighted by molar-refractivity contribution is -0.139. The van der Waals surface area contributed by atoms with Crippen molar-refractivity contribution in [2.75, 3.05) is 12.8 Å². The Morgan fingerprint density at radius 2 is 1.29 bits per heavy atom. The molecule has 3 rings (SSSR count). The molecule has 0 spiro atoms. The Balaban J connectivity index is 1.74. The maximum atomic E-state index is 13.8. The Morgan fingerprint density at radius 1 is 0.786 bits per heavy atom. The maximum Gasteiger partial charge on any atom is 0.314 e. The fraction of sp³-hybridized carbons (Fsp3) is 0.0909. The standard InChI is InChI=1S/C22H18BrO4P/c23-18-13-11-17(12-14-18)21(24)15-27-22(25)16-28(26,19-7-3-1-4-8-19)20-9-5-2-6-10-20/h1-14H,15-16H2. The van der Waals surface area contributed by atoms with Crippen LogP contribution in [0.4, 0.5) is 0 Å². The molecule has 0 heterocycles. The van der Waals surface area contributed by atoms with E-state index in [9.17, 15) is 14.2 Å². The zero-order valence-electron chi connectivity index (χ0n) is 15.0. The van der Waals surface area contributed by atoms with Crippen molar-refractivity contribution in [3.8, 4) is 0 Å². The van der Waals surface area contributed by atoms with Gasteiger partial charge in [0.25, 0.3) is 0 Å². The smallest absolute Gasteiger partial charge is 0.314 e. The number of halogens is 1. The van der Waals surface area contributed by atoms with Crippen LogP contribution in [-0.4, -0.2) is 24.5 Å². The van der Waals surface area contributed by atoms with Crippen molar-refractivity contribution in [1.29, 1.82) is 0 Å². The number of benzene rings is 3. The second-order valence-corrected chi connectivity index (χ2v) is 9.90. The average Bonchev–Trinajstić information content (AvgIpc) is 2.73.